The zero-order valence-corrected chi connectivity index (χ0v) is 13.0. The fourth-order valence-electron chi connectivity index (χ4n) is 1.78. The molecule has 0 heterocycles. The molecule has 2 aromatic rings. The molecule has 5 heteroatoms. The van der Waals surface area contributed by atoms with E-state index in [1.54, 1.807) is 18.2 Å². The van der Waals surface area contributed by atoms with Crippen LogP contribution < -0.4 is 5.32 Å². The van der Waals surface area contributed by atoms with Crippen LogP contribution in [0.2, 0.25) is 15.1 Å². The number of rotatable bonds is 3. The average molecular weight is 329 g/mol. The van der Waals surface area contributed by atoms with Gasteiger partial charge in [-0.3, -0.25) is 4.79 Å². The van der Waals surface area contributed by atoms with Crippen LogP contribution in [0, 0.1) is 6.92 Å². The fourth-order valence-corrected chi connectivity index (χ4v) is 2.36. The molecule has 0 saturated heterocycles. The van der Waals surface area contributed by atoms with E-state index < -0.39 is 0 Å². The van der Waals surface area contributed by atoms with Gasteiger partial charge in [0.05, 0.1) is 15.6 Å². The summed E-state index contributed by atoms with van der Waals surface area (Å²) in [5.41, 5.74) is 2.38. The van der Waals surface area contributed by atoms with Gasteiger partial charge in [-0.25, -0.2) is 0 Å². The molecule has 0 atom stereocenters. The quantitative estimate of drug-likeness (QED) is 0.854. The lowest BCUT2D eigenvalue weighted by molar-refractivity contribution is 0.0951. The van der Waals surface area contributed by atoms with Gasteiger partial charge in [0.15, 0.2) is 0 Å². The van der Waals surface area contributed by atoms with Gasteiger partial charge in [0.1, 0.15) is 0 Å². The number of hydrogen-bond acceptors (Lipinski definition) is 1. The van der Waals surface area contributed by atoms with Crippen LogP contribution in [0.15, 0.2) is 36.4 Å². The Morgan fingerprint density at radius 2 is 1.90 bits per heavy atom. The maximum Gasteiger partial charge on any atom is 0.253 e. The Labute approximate surface area is 132 Å². The highest BCUT2D eigenvalue weighted by molar-refractivity contribution is 6.43. The van der Waals surface area contributed by atoms with Crippen molar-refractivity contribution in [3.05, 3.63) is 68.2 Å². The summed E-state index contributed by atoms with van der Waals surface area (Å²) in [7, 11) is 0. The number of carbonyl (C=O) groups excluding carboxylic acids is 1. The summed E-state index contributed by atoms with van der Waals surface area (Å²) in [6.07, 6.45) is 0. The maximum atomic E-state index is 12.1. The Hall–Kier alpha value is -1.22. The second-order valence-electron chi connectivity index (χ2n) is 4.35. The Morgan fingerprint density at radius 1 is 1.15 bits per heavy atom. The van der Waals surface area contributed by atoms with E-state index in [0.29, 0.717) is 22.2 Å². The Bertz CT molecular complexity index is 656. The van der Waals surface area contributed by atoms with Gasteiger partial charge >= 0.3 is 0 Å². The van der Waals surface area contributed by atoms with Crippen molar-refractivity contribution in [3.63, 3.8) is 0 Å². The van der Waals surface area contributed by atoms with E-state index in [9.17, 15) is 4.79 Å². The molecule has 1 N–H and O–H groups in total. The standard InChI is InChI=1S/C15H12Cl3NO/c1-9-5-6-11(16)7-10(9)8-19-15(20)12-3-2-4-13(17)14(12)18/h2-7H,8H2,1H3,(H,19,20). The summed E-state index contributed by atoms with van der Waals surface area (Å²) in [6.45, 7) is 2.35. The van der Waals surface area contributed by atoms with E-state index in [4.69, 9.17) is 34.8 Å². The highest BCUT2D eigenvalue weighted by Crippen LogP contribution is 2.25. The third kappa shape index (κ3) is 3.45. The maximum absolute atomic E-state index is 12.1. The molecule has 2 nitrogen and oxygen atoms in total. The van der Waals surface area contributed by atoms with E-state index in [0.717, 1.165) is 11.1 Å². The summed E-state index contributed by atoms with van der Waals surface area (Å²) < 4.78 is 0. The minimum Gasteiger partial charge on any atom is -0.348 e. The predicted octanol–water partition coefficient (Wildman–Crippen LogP) is 4.89. The molecule has 0 bridgehead atoms. The molecular formula is C15H12Cl3NO. The van der Waals surface area contributed by atoms with Crippen LogP contribution in [-0.4, -0.2) is 5.91 Å². The minimum absolute atomic E-state index is 0.259. The van der Waals surface area contributed by atoms with Gasteiger partial charge < -0.3 is 5.32 Å². The molecule has 2 rings (SSSR count). The fraction of sp³-hybridized carbons (Fsp3) is 0.133. The summed E-state index contributed by atoms with van der Waals surface area (Å²) in [5, 5.41) is 4.07. The number of benzene rings is 2. The van der Waals surface area contributed by atoms with E-state index in [1.165, 1.54) is 0 Å². The minimum atomic E-state index is -0.267. The third-order valence-corrected chi connectivity index (χ3v) is 4.00. The molecular weight excluding hydrogens is 317 g/mol. The van der Waals surface area contributed by atoms with Crippen molar-refractivity contribution in [2.24, 2.45) is 0 Å². The number of hydrogen-bond donors (Lipinski definition) is 1. The first-order chi connectivity index (χ1) is 9.49. The van der Waals surface area contributed by atoms with E-state index in [1.807, 2.05) is 25.1 Å². The van der Waals surface area contributed by atoms with Gasteiger partial charge in [-0.1, -0.05) is 46.9 Å². The van der Waals surface area contributed by atoms with Gasteiger partial charge in [-0.15, -0.1) is 0 Å². The molecule has 20 heavy (non-hydrogen) atoms. The molecule has 0 spiro atoms. The second kappa shape index (κ2) is 6.49. The van der Waals surface area contributed by atoms with Crippen LogP contribution in [0.3, 0.4) is 0 Å². The number of carbonyl (C=O) groups is 1. The Balaban J connectivity index is 2.13. The highest BCUT2D eigenvalue weighted by atomic mass is 35.5. The first-order valence-electron chi connectivity index (χ1n) is 5.96. The molecule has 0 fully saturated rings. The van der Waals surface area contributed by atoms with Crippen molar-refractivity contribution in [2.75, 3.05) is 0 Å². The van der Waals surface area contributed by atoms with Gasteiger partial charge in [-0.2, -0.15) is 0 Å². The van der Waals surface area contributed by atoms with E-state index in [-0.39, 0.29) is 10.9 Å². The van der Waals surface area contributed by atoms with Crippen molar-refractivity contribution < 1.29 is 4.79 Å². The van der Waals surface area contributed by atoms with Crippen LogP contribution in [-0.2, 0) is 6.54 Å². The Morgan fingerprint density at radius 3 is 2.65 bits per heavy atom. The molecule has 0 aliphatic carbocycles. The number of amides is 1. The Kier molecular flexibility index (Phi) is 4.92. The van der Waals surface area contributed by atoms with Crippen LogP contribution in [0.4, 0.5) is 0 Å². The highest BCUT2D eigenvalue weighted by Gasteiger charge is 2.12. The number of aryl methyl sites for hydroxylation is 1. The molecule has 0 aliphatic heterocycles. The van der Waals surface area contributed by atoms with Gasteiger partial charge in [-0.05, 0) is 42.3 Å². The first-order valence-corrected chi connectivity index (χ1v) is 7.09. The topological polar surface area (TPSA) is 29.1 Å². The van der Waals surface area contributed by atoms with Crippen molar-refractivity contribution >= 4 is 40.7 Å². The molecule has 2 aromatic carbocycles. The monoisotopic (exact) mass is 327 g/mol. The van der Waals surface area contributed by atoms with Gasteiger partial charge in [0, 0.05) is 11.6 Å². The zero-order valence-electron chi connectivity index (χ0n) is 10.7. The molecule has 0 unspecified atom stereocenters. The lowest BCUT2D eigenvalue weighted by Gasteiger charge is -2.10. The lowest BCUT2D eigenvalue weighted by Crippen LogP contribution is -2.23. The van der Waals surface area contributed by atoms with E-state index >= 15 is 0 Å². The first kappa shape index (κ1) is 15.2. The van der Waals surface area contributed by atoms with Crippen molar-refractivity contribution in [2.45, 2.75) is 13.5 Å². The van der Waals surface area contributed by atoms with Gasteiger partial charge in [0.25, 0.3) is 5.91 Å². The van der Waals surface area contributed by atoms with Crippen LogP contribution in [0.25, 0.3) is 0 Å². The third-order valence-electron chi connectivity index (χ3n) is 2.95. The van der Waals surface area contributed by atoms with Crippen LogP contribution in [0.1, 0.15) is 21.5 Å². The smallest absolute Gasteiger partial charge is 0.253 e. The normalized spacial score (nSPS) is 10.4. The SMILES string of the molecule is Cc1ccc(Cl)cc1CNC(=O)c1cccc(Cl)c1Cl. The van der Waals surface area contributed by atoms with Crippen molar-refractivity contribution in [1.29, 1.82) is 0 Å². The van der Waals surface area contributed by atoms with Crippen LogP contribution >= 0.6 is 34.8 Å². The number of halogens is 3. The summed E-state index contributed by atoms with van der Waals surface area (Å²) in [6, 6.07) is 10.5. The molecule has 0 saturated carbocycles. The summed E-state index contributed by atoms with van der Waals surface area (Å²) >= 11 is 17.8. The van der Waals surface area contributed by atoms with Gasteiger partial charge in [0.2, 0.25) is 0 Å². The van der Waals surface area contributed by atoms with E-state index in [2.05, 4.69) is 5.32 Å². The molecule has 104 valence electrons. The molecule has 0 aromatic heterocycles. The van der Waals surface area contributed by atoms with Crippen LogP contribution in [0.5, 0.6) is 0 Å². The molecule has 1 amide bonds. The summed E-state index contributed by atoms with van der Waals surface area (Å²) in [4.78, 5) is 12.1. The molecule has 0 aliphatic rings. The van der Waals surface area contributed by atoms with Crippen molar-refractivity contribution in [1.82, 2.24) is 5.32 Å². The lowest BCUT2D eigenvalue weighted by atomic mass is 10.1. The number of nitrogens with one attached hydrogen (secondary N) is 1. The largest absolute Gasteiger partial charge is 0.348 e. The second-order valence-corrected chi connectivity index (χ2v) is 5.58. The molecule has 0 radical (unpaired) electrons. The predicted molar refractivity (Wildman–Crippen MR) is 83.8 cm³/mol. The van der Waals surface area contributed by atoms with Crippen molar-refractivity contribution in [3.8, 4) is 0 Å². The summed E-state index contributed by atoms with van der Waals surface area (Å²) in [5.74, 6) is -0.267. The average Bonchev–Trinajstić information content (AvgIpc) is 2.42. The zero-order chi connectivity index (χ0) is 14.7.